The average Bonchev–Trinajstić information content (AvgIpc) is 3.40. The van der Waals surface area contributed by atoms with Gasteiger partial charge in [0.15, 0.2) is 5.13 Å². The van der Waals surface area contributed by atoms with Crippen LogP contribution in [0.4, 0.5) is 10.8 Å². The van der Waals surface area contributed by atoms with Crippen LogP contribution in [0.15, 0.2) is 58.9 Å². The highest BCUT2D eigenvalue weighted by Gasteiger charge is 2.32. The SMILES string of the molecule is C[C@H](C(=O)N1CCC(c2ccc(S(=O)(=O)Nc3nccs3)cc2)CC1)N1CCCc2cc(Cl)ccc21.[HH].[HH]. The standard InChI is InChI=1S/C26H29ClN4O3S2.2H2/c1-18(31-13-2-3-21-17-22(27)6-9-24(21)31)25(32)30-14-10-20(11-15-30)19-4-7-23(8-5-19)36(33,34)29-26-28-12-16-35-26;;/h4-9,12,16-18,20H,2-3,10-11,13-15H2,1H3,(H,28,29);2*1H/t18-;;/m1../s1. The zero-order valence-corrected chi connectivity index (χ0v) is 22.5. The van der Waals surface area contributed by atoms with Crippen LogP contribution >= 0.6 is 22.9 Å². The topological polar surface area (TPSA) is 82.6 Å². The first-order valence-corrected chi connectivity index (χ1v) is 14.9. The highest BCUT2D eigenvalue weighted by molar-refractivity contribution is 7.93. The average molecular weight is 549 g/mol. The van der Waals surface area contributed by atoms with Gasteiger partial charge in [-0.15, -0.1) is 11.3 Å². The van der Waals surface area contributed by atoms with E-state index in [1.165, 1.54) is 16.9 Å². The van der Waals surface area contributed by atoms with E-state index in [-0.39, 0.29) is 19.7 Å². The Morgan fingerprint density at radius 3 is 2.61 bits per heavy atom. The number of piperidine rings is 1. The lowest BCUT2D eigenvalue weighted by molar-refractivity contribution is -0.133. The molecule has 0 saturated carbocycles. The molecule has 194 valence electrons. The van der Waals surface area contributed by atoms with Crippen LogP contribution in [-0.4, -0.2) is 49.9 Å². The molecule has 1 saturated heterocycles. The van der Waals surface area contributed by atoms with Crippen molar-refractivity contribution in [2.24, 2.45) is 0 Å². The van der Waals surface area contributed by atoms with E-state index in [0.717, 1.165) is 48.5 Å². The number of nitrogens with one attached hydrogen (secondary N) is 1. The number of thiazole rings is 1. The zero-order valence-electron chi connectivity index (χ0n) is 20.1. The number of hydrogen-bond acceptors (Lipinski definition) is 6. The number of halogens is 1. The van der Waals surface area contributed by atoms with E-state index in [0.29, 0.717) is 24.1 Å². The maximum atomic E-state index is 13.4. The monoisotopic (exact) mass is 548 g/mol. The second-order valence-electron chi connectivity index (χ2n) is 9.36. The fourth-order valence-electron chi connectivity index (χ4n) is 5.19. The van der Waals surface area contributed by atoms with Crippen molar-refractivity contribution in [3.8, 4) is 0 Å². The lowest BCUT2D eigenvalue weighted by Gasteiger charge is -2.40. The molecule has 3 aromatic rings. The molecule has 10 heteroatoms. The Kier molecular flexibility index (Phi) is 7.23. The first kappa shape index (κ1) is 25.0. The molecule has 0 unspecified atom stereocenters. The van der Waals surface area contributed by atoms with Gasteiger partial charge in [0.1, 0.15) is 6.04 Å². The number of nitrogens with zero attached hydrogens (tertiary/aromatic N) is 3. The van der Waals surface area contributed by atoms with E-state index in [1.54, 1.807) is 23.7 Å². The molecule has 1 N–H and O–H groups in total. The highest BCUT2D eigenvalue weighted by Crippen LogP contribution is 2.33. The van der Waals surface area contributed by atoms with Crippen molar-refractivity contribution >= 4 is 49.7 Å². The third kappa shape index (κ3) is 5.23. The molecule has 1 fully saturated rings. The van der Waals surface area contributed by atoms with Crippen LogP contribution in [0.2, 0.25) is 5.02 Å². The van der Waals surface area contributed by atoms with Gasteiger partial charge in [0.25, 0.3) is 10.0 Å². The van der Waals surface area contributed by atoms with Gasteiger partial charge in [-0.3, -0.25) is 9.52 Å². The van der Waals surface area contributed by atoms with Crippen molar-refractivity contribution in [2.75, 3.05) is 29.3 Å². The maximum Gasteiger partial charge on any atom is 0.263 e. The Morgan fingerprint density at radius 1 is 1.17 bits per heavy atom. The van der Waals surface area contributed by atoms with Crippen molar-refractivity contribution in [3.63, 3.8) is 0 Å². The second kappa shape index (κ2) is 10.4. The quantitative estimate of drug-likeness (QED) is 0.431. The Hall–Kier alpha value is -2.62. The van der Waals surface area contributed by atoms with Crippen molar-refractivity contribution in [2.45, 2.75) is 49.5 Å². The second-order valence-corrected chi connectivity index (χ2v) is 12.4. The van der Waals surface area contributed by atoms with Gasteiger partial charge in [0.05, 0.1) is 4.90 Å². The summed E-state index contributed by atoms with van der Waals surface area (Å²) in [6.07, 6.45) is 5.27. The van der Waals surface area contributed by atoms with Gasteiger partial charge in [-0.05, 0) is 80.0 Å². The minimum Gasteiger partial charge on any atom is -0.360 e. The van der Waals surface area contributed by atoms with Crippen LogP contribution in [0.1, 0.15) is 46.1 Å². The first-order valence-electron chi connectivity index (χ1n) is 12.2. The molecule has 1 amide bonds. The van der Waals surface area contributed by atoms with Gasteiger partial charge in [0.2, 0.25) is 5.91 Å². The predicted molar refractivity (Wildman–Crippen MR) is 149 cm³/mol. The van der Waals surface area contributed by atoms with Crippen LogP contribution in [0, 0.1) is 0 Å². The van der Waals surface area contributed by atoms with Gasteiger partial charge < -0.3 is 9.80 Å². The van der Waals surface area contributed by atoms with Crippen LogP contribution < -0.4 is 9.62 Å². The molecule has 0 bridgehead atoms. The molecule has 2 aromatic carbocycles. The molecule has 0 spiro atoms. The number of amides is 1. The minimum absolute atomic E-state index is 0. The van der Waals surface area contributed by atoms with E-state index < -0.39 is 10.0 Å². The largest absolute Gasteiger partial charge is 0.360 e. The number of carbonyl (C=O) groups excluding carboxylic acids is 1. The number of aryl methyl sites for hydroxylation is 1. The van der Waals surface area contributed by atoms with Crippen LogP contribution in [-0.2, 0) is 21.2 Å². The zero-order chi connectivity index (χ0) is 25.3. The van der Waals surface area contributed by atoms with Gasteiger partial charge in [-0.1, -0.05) is 23.7 Å². The van der Waals surface area contributed by atoms with Crippen molar-refractivity contribution in [3.05, 3.63) is 70.2 Å². The Balaban J connectivity index is 0.00000200. The number of likely N-dealkylation sites (tertiary alicyclic amines) is 1. The number of sulfonamides is 1. The number of aromatic nitrogens is 1. The normalized spacial score (nSPS) is 17.5. The molecule has 3 heterocycles. The van der Waals surface area contributed by atoms with Gasteiger partial charge >= 0.3 is 0 Å². The fourth-order valence-corrected chi connectivity index (χ4v) is 7.18. The van der Waals surface area contributed by atoms with Crippen molar-refractivity contribution in [1.29, 1.82) is 0 Å². The number of rotatable bonds is 6. The summed E-state index contributed by atoms with van der Waals surface area (Å²) < 4.78 is 27.7. The highest BCUT2D eigenvalue weighted by atomic mass is 35.5. The third-order valence-electron chi connectivity index (χ3n) is 7.14. The fraction of sp³-hybridized carbons (Fsp3) is 0.385. The number of carbonyl (C=O) groups is 1. The summed E-state index contributed by atoms with van der Waals surface area (Å²) >= 11 is 7.42. The van der Waals surface area contributed by atoms with E-state index in [1.807, 2.05) is 42.2 Å². The maximum absolute atomic E-state index is 13.4. The van der Waals surface area contributed by atoms with Crippen LogP contribution in [0.5, 0.6) is 0 Å². The smallest absolute Gasteiger partial charge is 0.263 e. The number of benzene rings is 2. The summed E-state index contributed by atoms with van der Waals surface area (Å²) in [7, 11) is -3.66. The van der Waals surface area contributed by atoms with Crippen molar-refractivity contribution in [1.82, 2.24) is 9.88 Å². The molecule has 0 radical (unpaired) electrons. The molecule has 0 aliphatic carbocycles. The number of hydrogen-bond donors (Lipinski definition) is 1. The molecule has 2 aliphatic rings. The first-order chi connectivity index (χ1) is 17.3. The Bertz CT molecular complexity index is 1330. The summed E-state index contributed by atoms with van der Waals surface area (Å²) in [4.78, 5) is 21.8. The lowest BCUT2D eigenvalue weighted by atomic mass is 9.89. The molecule has 36 heavy (non-hydrogen) atoms. The van der Waals surface area contributed by atoms with E-state index in [4.69, 9.17) is 11.6 Å². The molecule has 7 nitrogen and oxygen atoms in total. The number of anilines is 2. The van der Waals surface area contributed by atoms with Gasteiger partial charge in [0, 0.05) is 44.8 Å². The molecule has 1 aromatic heterocycles. The van der Waals surface area contributed by atoms with E-state index in [2.05, 4.69) is 14.6 Å². The summed E-state index contributed by atoms with van der Waals surface area (Å²) in [6, 6.07) is 12.8. The van der Waals surface area contributed by atoms with Crippen molar-refractivity contribution < 1.29 is 16.1 Å². The Labute approximate surface area is 224 Å². The molecule has 2 aliphatic heterocycles. The van der Waals surface area contributed by atoms with Crippen LogP contribution in [0.25, 0.3) is 0 Å². The molecule has 5 rings (SSSR count). The molecular formula is C26H33ClN4O3S2. The summed E-state index contributed by atoms with van der Waals surface area (Å²) in [5.74, 6) is 0.455. The summed E-state index contributed by atoms with van der Waals surface area (Å²) in [5.41, 5.74) is 3.42. The van der Waals surface area contributed by atoms with Gasteiger partial charge in [-0.2, -0.15) is 0 Å². The summed E-state index contributed by atoms with van der Waals surface area (Å²) in [5, 5.41) is 2.81. The molecule has 1 atom stereocenters. The number of fused-ring (bicyclic) bond motifs is 1. The minimum atomic E-state index is -3.66. The predicted octanol–water partition coefficient (Wildman–Crippen LogP) is 5.64. The Morgan fingerprint density at radius 2 is 1.92 bits per heavy atom. The van der Waals surface area contributed by atoms with Crippen LogP contribution in [0.3, 0.4) is 0 Å². The lowest BCUT2D eigenvalue weighted by Crippen LogP contribution is -2.50. The van der Waals surface area contributed by atoms with E-state index in [9.17, 15) is 13.2 Å². The van der Waals surface area contributed by atoms with E-state index >= 15 is 0 Å². The molecular weight excluding hydrogens is 516 g/mol. The van der Waals surface area contributed by atoms with Gasteiger partial charge in [-0.25, -0.2) is 13.4 Å². The third-order valence-corrected chi connectivity index (χ3v) is 9.55. The summed E-state index contributed by atoms with van der Waals surface area (Å²) in [6.45, 7) is 4.25.